The Morgan fingerprint density at radius 3 is 1.75 bits per heavy atom. The Morgan fingerprint density at radius 1 is 0.625 bits per heavy atom. The van der Waals surface area contributed by atoms with E-state index in [0.29, 0.717) is 24.7 Å². The lowest BCUT2D eigenvalue weighted by atomic mass is 9.80. The van der Waals surface area contributed by atoms with Crippen molar-refractivity contribution in [3.63, 3.8) is 0 Å². The normalized spacial score (nSPS) is 11.2. The van der Waals surface area contributed by atoms with Gasteiger partial charge in [0.05, 0.1) is 6.61 Å². The average molecular weight is 425 g/mol. The zero-order valence-corrected chi connectivity index (χ0v) is 18.3. The third-order valence-electron chi connectivity index (χ3n) is 5.44. The Morgan fingerprint density at radius 2 is 1.19 bits per heavy atom. The highest BCUT2D eigenvalue weighted by Crippen LogP contribution is 2.40. The van der Waals surface area contributed by atoms with E-state index in [-0.39, 0.29) is 0 Å². The zero-order chi connectivity index (χ0) is 22.2. The van der Waals surface area contributed by atoms with Crippen LogP contribution in [0.25, 0.3) is 0 Å². The molecule has 0 unspecified atom stereocenters. The summed E-state index contributed by atoms with van der Waals surface area (Å²) < 4.78 is 12.1. The van der Waals surface area contributed by atoms with Crippen LogP contribution in [0.4, 0.5) is 0 Å². The van der Waals surface area contributed by atoms with E-state index in [1.807, 2.05) is 109 Å². The molecule has 0 aliphatic rings. The van der Waals surface area contributed by atoms with E-state index in [4.69, 9.17) is 9.47 Å². The molecule has 0 aliphatic carbocycles. The van der Waals surface area contributed by atoms with E-state index < -0.39 is 5.60 Å². The molecule has 0 radical (unpaired) electrons. The van der Waals surface area contributed by atoms with Crippen LogP contribution in [0.1, 0.15) is 35.6 Å². The molecular formula is C29H28O3. The van der Waals surface area contributed by atoms with Crippen molar-refractivity contribution in [3.8, 4) is 11.5 Å². The molecule has 162 valence electrons. The summed E-state index contributed by atoms with van der Waals surface area (Å²) in [6.45, 7) is 3.09. The molecule has 32 heavy (non-hydrogen) atoms. The summed E-state index contributed by atoms with van der Waals surface area (Å²) >= 11 is 0. The largest absolute Gasteiger partial charge is 0.490 e. The van der Waals surface area contributed by atoms with Gasteiger partial charge in [-0.2, -0.15) is 0 Å². The molecule has 0 aliphatic heterocycles. The Bertz CT molecular complexity index is 1070. The monoisotopic (exact) mass is 424 g/mol. The van der Waals surface area contributed by atoms with E-state index in [1.54, 1.807) is 0 Å². The van der Waals surface area contributed by atoms with Crippen LogP contribution in [0.2, 0.25) is 0 Å². The first-order valence-electron chi connectivity index (χ1n) is 11.0. The molecule has 0 amide bonds. The van der Waals surface area contributed by atoms with E-state index in [1.165, 1.54) is 0 Å². The quantitative estimate of drug-likeness (QED) is 0.319. The zero-order valence-electron chi connectivity index (χ0n) is 18.3. The molecule has 0 saturated carbocycles. The lowest BCUT2D eigenvalue weighted by molar-refractivity contribution is 0.125. The third-order valence-corrected chi connectivity index (χ3v) is 5.44. The molecule has 0 spiro atoms. The van der Waals surface area contributed by atoms with Gasteiger partial charge in [0.25, 0.3) is 0 Å². The van der Waals surface area contributed by atoms with Crippen molar-refractivity contribution in [3.05, 3.63) is 131 Å². The molecular weight excluding hydrogens is 396 g/mol. The minimum absolute atomic E-state index is 0.419. The minimum atomic E-state index is -1.32. The first-order chi connectivity index (χ1) is 15.7. The second-order valence-corrected chi connectivity index (χ2v) is 7.73. The molecule has 0 fully saturated rings. The predicted molar refractivity (Wildman–Crippen MR) is 128 cm³/mol. The van der Waals surface area contributed by atoms with Gasteiger partial charge in [-0.3, -0.25) is 0 Å². The van der Waals surface area contributed by atoms with Crippen LogP contribution in [0.5, 0.6) is 11.5 Å². The Balaban J connectivity index is 1.77. The van der Waals surface area contributed by atoms with Crippen molar-refractivity contribution in [1.29, 1.82) is 0 Å². The molecule has 0 aromatic heterocycles. The molecule has 0 bridgehead atoms. The van der Waals surface area contributed by atoms with E-state index >= 15 is 0 Å². The number of rotatable bonds is 9. The summed E-state index contributed by atoms with van der Waals surface area (Å²) in [5, 5.41) is 12.1. The lowest BCUT2D eigenvalue weighted by Gasteiger charge is -2.30. The van der Waals surface area contributed by atoms with Crippen molar-refractivity contribution in [2.75, 3.05) is 6.61 Å². The van der Waals surface area contributed by atoms with Gasteiger partial charge in [0, 0.05) is 0 Å². The number of hydrogen-bond donors (Lipinski definition) is 1. The van der Waals surface area contributed by atoms with Crippen molar-refractivity contribution in [1.82, 2.24) is 0 Å². The fourth-order valence-electron chi connectivity index (χ4n) is 3.77. The Kier molecular flexibility index (Phi) is 6.88. The number of hydrogen-bond acceptors (Lipinski definition) is 3. The summed E-state index contributed by atoms with van der Waals surface area (Å²) in [6, 6.07) is 35.2. The maximum atomic E-state index is 12.1. The third kappa shape index (κ3) is 4.68. The molecule has 3 nitrogen and oxygen atoms in total. The van der Waals surface area contributed by atoms with Crippen LogP contribution >= 0.6 is 0 Å². The molecule has 0 saturated heterocycles. The van der Waals surface area contributed by atoms with Crippen LogP contribution in [0, 0.1) is 0 Å². The fourth-order valence-corrected chi connectivity index (χ4v) is 3.77. The summed E-state index contributed by atoms with van der Waals surface area (Å²) in [4.78, 5) is 0. The van der Waals surface area contributed by atoms with Crippen LogP contribution in [-0.2, 0) is 12.2 Å². The average Bonchev–Trinajstić information content (AvgIpc) is 2.87. The van der Waals surface area contributed by atoms with Crippen LogP contribution < -0.4 is 9.47 Å². The lowest BCUT2D eigenvalue weighted by Crippen LogP contribution is -2.28. The molecule has 4 rings (SSSR count). The van der Waals surface area contributed by atoms with E-state index in [0.717, 1.165) is 28.7 Å². The van der Waals surface area contributed by atoms with Gasteiger partial charge in [-0.15, -0.1) is 0 Å². The van der Waals surface area contributed by atoms with Crippen LogP contribution in [-0.4, -0.2) is 11.7 Å². The number of ether oxygens (including phenoxy) is 2. The smallest absolute Gasteiger partial charge is 0.162 e. The van der Waals surface area contributed by atoms with Gasteiger partial charge in [-0.05, 0) is 40.8 Å². The maximum absolute atomic E-state index is 12.1. The summed E-state index contributed by atoms with van der Waals surface area (Å²) in [5.41, 5.74) is 2.06. The molecule has 4 aromatic carbocycles. The predicted octanol–water partition coefficient (Wildman–Crippen LogP) is 6.34. The van der Waals surface area contributed by atoms with Gasteiger partial charge >= 0.3 is 0 Å². The number of benzene rings is 4. The maximum Gasteiger partial charge on any atom is 0.162 e. The second-order valence-electron chi connectivity index (χ2n) is 7.73. The topological polar surface area (TPSA) is 38.7 Å². The van der Waals surface area contributed by atoms with Crippen molar-refractivity contribution in [2.45, 2.75) is 25.6 Å². The summed E-state index contributed by atoms with van der Waals surface area (Å²) in [5.74, 6) is 1.29. The van der Waals surface area contributed by atoms with Crippen LogP contribution in [0.15, 0.2) is 109 Å². The number of aliphatic hydroxyl groups is 1. The molecule has 0 heterocycles. The van der Waals surface area contributed by atoms with Crippen molar-refractivity contribution >= 4 is 0 Å². The van der Waals surface area contributed by atoms with Gasteiger partial charge in [-0.25, -0.2) is 0 Å². The van der Waals surface area contributed by atoms with Crippen molar-refractivity contribution < 1.29 is 14.6 Å². The SMILES string of the molecule is CCCOc1ccc(C(O)(c2ccccc2)c2ccccc2)cc1OCc1ccccc1. The first-order valence-corrected chi connectivity index (χ1v) is 11.0. The Labute approximate surface area is 189 Å². The Hall–Kier alpha value is -3.56. The molecule has 0 atom stereocenters. The van der Waals surface area contributed by atoms with Crippen LogP contribution in [0.3, 0.4) is 0 Å². The molecule has 3 heteroatoms. The van der Waals surface area contributed by atoms with Gasteiger partial charge in [0.1, 0.15) is 12.2 Å². The van der Waals surface area contributed by atoms with Gasteiger partial charge in [-0.1, -0.05) is 104 Å². The summed E-state index contributed by atoms with van der Waals surface area (Å²) in [7, 11) is 0. The first kappa shape index (κ1) is 21.7. The molecule has 1 N–H and O–H groups in total. The minimum Gasteiger partial charge on any atom is -0.490 e. The highest BCUT2D eigenvalue weighted by atomic mass is 16.5. The molecule has 4 aromatic rings. The standard InChI is InChI=1S/C29H28O3/c1-2-20-31-27-19-18-26(21-28(27)32-22-23-12-6-3-7-13-23)29(30,24-14-8-4-9-15-24)25-16-10-5-11-17-25/h3-19,21,30H,2,20,22H2,1H3. The van der Waals surface area contributed by atoms with Gasteiger partial charge < -0.3 is 14.6 Å². The van der Waals surface area contributed by atoms with Crippen molar-refractivity contribution in [2.24, 2.45) is 0 Å². The van der Waals surface area contributed by atoms with E-state index in [2.05, 4.69) is 6.92 Å². The second kappa shape index (κ2) is 10.2. The fraction of sp³-hybridized carbons (Fsp3) is 0.172. The van der Waals surface area contributed by atoms with Gasteiger partial charge in [0.2, 0.25) is 0 Å². The highest BCUT2D eigenvalue weighted by Gasteiger charge is 2.34. The van der Waals surface area contributed by atoms with Gasteiger partial charge in [0.15, 0.2) is 11.5 Å². The highest BCUT2D eigenvalue weighted by molar-refractivity contribution is 5.52. The van der Waals surface area contributed by atoms with E-state index in [9.17, 15) is 5.11 Å². The summed E-state index contributed by atoms with van der Waals surface area (Å²) in [6.07, 6.45) is 0.901.